The van der Waals surface area contributed by atoms with Crippen LogP contribution in [0.3, 0.4) is 0 Å². The Morgan fingerprint density at radius 3 is 2.11 bits per heavy atom. The van der Waals surface area contributed by atoms with Gasteiger partial charge < -0.3 is 0 Å². The minimum atomic E-state index is -1.56. The number of hydrogen-bond acceptors (Lipinski definition) is 2. The van der Waals surface area contributed by atoms with Crippen molar-refractivity contribution in [2.24, 2.45) is 0 Å². The Labute approximate surface area is 60.4 Å². The van der Waals surface area contributed by atoms with Gasteiger partial charge in [0.2, 0.25) is 0 Å². The first-order valence-corrected chi connectivity index (χ1v) is 4.77. The van der Waals surface area contributed by atoms with E-state index in [1.807, 2.05) is 18.2 Å². The topological polar surface area (TPSA) is 17.1 Å². The van der Waals surface area contributed by atoms with Crippen molar-refractivity contribution in [2.75, 3.05) is 0 Å². The highest BCUT2D eigenvalue weighted by Crippen LogP contribution is 1.98. The van der Waals surface area contributed by atoms with Gasteiger partial charge in [-0.2, -0.15) is 0 Å². The lowest BCUT2D eigenvalue weighted by atomic mass is 10.4. The third kappa shape index (κ3) is 1.77. The van der Waals surface area contributed by atoms with Crippen molar-refractivity contribution in [3.05, 3.63) is 30.3 Å². The van der Waals surface area contributed by atoms with Gasteiger partial charge in [-0.15, -0.1) is 0 Å². The predicted molar refractivity (Wildman–Crippen MR) is 41.6 cm³/mol. The molecule has 0 fully saturated rings. The van der Waals surface area contributed by atoms with Crippen LogP contribution in [-0.2, 0) is 20.5 Å². The van der Waals surface area contributed by atoms with Crippen LogP contribution in [-0.4, -0.2) is 4.21 Å². The Hall–Kier alpha value is -0.410. The van der Waals surface area contributed by atoms with Crippen LogP contribution in [0.2, 0.25) is 0 Å². The molecule has 0 aliphatic heterocycles. The lowest BCUT2D eigenvalue weighted by Crippen LogP contribution is -1.73. The van der Waals surface area contributed by atoms with Gasteiger partial charge in [-0.3, -0.25) is 4.21 Å². The molecular weight excluding hydrogens is 152 g/mol. The second-order valence-corrected chi connectivity index (χ2v) is 3.62. The van der Waals surface area contributed by atoms with Gasteiger partial charge in [0.05, 0.1) is 0 Å². The first-order valence-electron chi connectivity index (χ1n) is 2.50. The monoisotopic (exact) mass is 158 g/mol. The summed E-state index contributed by atoms with van der Waals surface area (Å²) in [5.74, 6) is 0. The first-order chi connectivity index (χ1) is 4.30. The predicted octanol–water partition coefficient (Wildman–Crippen LogP) is 0.988. The summed E-state index contributed by atoms with van der Waals surface area (Å²) in [6, 6.07) is 9.07. The average molecular weight is 158 g/mol. The van der Waals surface area contributed by atoms with Crippen LogP contribution in [0.5, 0.6) is 0 Å². The van der Waals surface area contributed by atoms with E-state index in [0.717, 1.165) is 4.90 Å². The van der Waals surface area contributed by atoms with Crippen LogP contribution in [0, 0.1) is 0 Å². The largest absolute Gasteiger partial charge is 0.255 e. The van der Waals surface area contributed by atoms with Crippen LogP contribution < -0.4 is 0 Å². The van der Waals surface area contributed by atoms with E-state index in [-0.39, 0.29) is 0 Å². The molecule has 1 aromatic rings. The van der Waals surface area contributed by atoms with Crippen LogP contribution in [0.4, 0.5) is 0 Å². The van der Waals surface area contributed by atoms with Gasteiger partial charge >= 0.3 is 0 Å². The standard InChI is InChI=1S/C6H6OS2/c7-9(8)6-4-2-1-3-5-6/h1-5,9H. The zero-order chi connectivity index (χ0) is 6.69. The molecule has 1 atom stereocenters. The molecular formula is C6H6OS2. The van der Waals surface area contributed by atoms with Crippen molar-refractivity contribution in [3.63, 3.8) is 0 Å². The highest BCUT2D eigenvalue weighted by Gasteiger charge is 1.84. The maximum atomic E-state index is 10.6. The Morgan fingerprint density at radius 1 is 1.22 bits per heavy atom. The smallest absolute Gasteiger partial charge is 0.0480 e. The second-order valence-electron chi connectivity index (χ2n) is 1.59. The van der Waals surface area contributed by atoms with E-state index >= 15 is 0 Å². The maximum absolute atomic E-state index is 10.6. The molecule has 48 valence electrons. The van der Waals surface area contributed by atoms with Crippen LogP contribution in [0.1, 0.15) is 0 Å². The summed E-state index contributed by atoms with van der Waals surface area (Å²) in [6.45, 7) is 0. The summed E-state index contributed by atoms with van der Waals surface area (Å²) >= 11 is 4.55. The fraction of sp³-hybridized carbons (Fsp3) is 0. The Morgan fingerprint density at radius 2 is 1.78 bits per heavy atom. The summed E-state index contributed by atoms with van der Waals surface area (Å²) in [7, 11) is -1.56. The van der Waals surface area contributed by atoms with Crippen molar-refractivity contribution in [1.29, 1.82) is 0 Å². The highest BCUT2D eigenvalue weighted by molar-refractivity contribution is 8.21. The van der Waals surface area contributed by atoms with E-state index in [9.17, 15) is 4.21 Å². The highest BCUT2D eigenvalue weighted by atomic mass is 32.8. The SMILES string of the molecule is O=[SH](=S)c1ccccc1. The molecule has 0 saturated heterocycles. The maximum Gasteiger partial charge on any atom is 0.0480 e. The average Bonchev–Trinajstić information content (AvgIpc) is 1.90. The molecule has 1 unspecified atom stereocenters. The third-order valence-corrected chi connectivity index (χ3v) is 2.32. The summed E-state index contributed by atoms with van der Waals surface area (Å²) in [4.78, 5) is 0.738. The van der Waals surface area contributed by atoms with Gasteiger partial charge in [0.25, 0.3) is 0 Å². The molecule has 0 heterocycles. The van der Waals surface area contributed by atoms with Crippen molar-refractivity contribution in [3.8, 4) is 0 Å². The van der Waals surface area contributed by atoms with Crippen molar-refractivity contribution in [1.82, 2.24) is 0 Å². The molecule has 0 saturated carbocycles. The first kappa shape index (κ1) is 6.71. The Kier molecular flexibility index (Phi) is 2.19. The van der Waals surface area contributed by atoms with Crippen LogP contribution in [0.25, 0.3) is 0 Å². The zero-order valence-electron chi connectivity index (χ0n) is 4.65. The molecule has 0 amide bonds. The molecule has 1 nitrogen and oxygen atoms in total. The molecule has 0 bridgehead atoms. The summed E-state index contributed by atoms with van der Waals surface area (Å²) in [6.07, 6.45) is 0. The minimum absolute atomic E-state index is 0.738. The zero-order valence-corrected chi connectivity index (χ0v) is 6.36. The van der Waals surface area contributed by atoms with Gasteiger partial charge in [-0.1, -0.05) is 18.2 Å². The molecule has 3 heteroatoms. The molecule has 0 radical (unpaired) electrons. The molecule has 1 aromatic carbocycles. The van der Waals surface area contributed by atoms with Gasteiger partial charge in [-0.05, 0) is 23.3 Å². The van der Waals surface area contributed by atoms with E-state index in [0.29, 0.717) is 0 Å². The fourth-order valence-corrected chi connectivity index (χ4v) is 1.33. The molecule has 0 aliphatic carbocycles. The Balaban J connectivity index is 3.13. The van der Waals surface area contributed by atoms with Gasteiger partial charge in [0.1, 0.15) is 0 Å². The van der Waals surface area contributed by atoms with Crippen molar-refractivity contribution >= 4 is 20.5 Å². The molecule has 0 spiro atoms. The van der Waals surface area contributed by atoms with E-state index < -0.39 is 9.36 Å². The van der Waals surface area contributed by atoms with Crippen LogP contribution >= 0.6 is 0 Å². The molecule has 0 aromatic heterocycles. The van der Waals surface area contributed by atoms with Gasteiger partial charge in [0.15, 0.2) is 0 Å². The normalized spacial score (nSPS) is 12.9. The Bertz CT molecular complexity index is 243. The summed E-state index contributed by atoms with van der Waals surface area (Å²) in [5.41, 5.74) is 0. The quantitative estimate of drug-likeness (QED) is 0.614. The van der Waals surface area contributed by atoms with Crippen molar-refractivity contribution < 1.29 is 4.21 Å². The molecule has 1 rings (SSSR count). The second kappa shape index (κ2) is 2.94. The summed E-state index contributed by atoms with van der Waals surface area (Å²) in [5, 5.41) is 0. The van der Waals surface area contributed by atoms with E-state index in [1.54, 1.807) is 12.1 Å². The molecule has 9 heavy (non-hydrogen) atoms. The van der Waals surface area contributed by atoms with E-state index in [4.69, 9.17) is 0 Å². The third-order valence-electron chi connectivity index (χ3n) is 0.967. The van der Waals surface area contributed by atoms with Crippen LogP contribution in [0.15, 0.2) is 35.2 Å². The molecule has 0 aliphatic rings. The number of hydrogen-bond donors (Lipinski definition) is 1. The van der Waals surface area contributed by atoms with E-state index in [1.165, 1.54) is 0 Å². The molecule has 0 N–H and O–H groups in total. The van der Waals surface area contributed by atoms with Gasteiger partial charge in [-0.25, -0.2) is 0 Å². The number of thiol groups is 1. The number of benzene rings is 1. The lowest BCUT2D eigenvalue weighted by Gasteiger charge is -1.85. The van der Waals surface area contributed by atoms with Gasteiger partial charge in [0, 0.05) is 14.3 Å². The van der Waals surface area contributed by atoms with Crippen molar-refractivity contribution in [2.45, 2.75) is 4.90 Å². The van der Waals surface area contributed by atoms with E-state index in [2.05, 4.69) is 11.2 Å². The fourth-order valence-electron chi connectivity index (χ4n) is 0.550. The summed E-state index contributed by atoms with van der Waals surface area (Å²) < 4.78 is 10.6. The number of rotatable bonds is 1. The minimum Gasteiger partial charge on any atom is -0.255 e. The lowest BCUT2D eigenvalue weighted by molar-refractivity contribution is 0.693.